The van der Waals surface area contributed by atoms with Gasteiger partial charge in [0, 0.05) is 31.7 Å². The smallest absolute Gasteiger partial charge is 0.128 e. The maximum Gasteiger partial charge on any atom is 0.128 e. The molecule has 1 N–H and O–H groups in total. The molecular weight excluding hydrogens is 255 g/mol. The van der Waals surface area contributed by atoms with Gasteiger partial charge >= 0.3 is 0 Å². The Morgan fingerprint density at radius 3 is 2.70 bits per heavy atom. The van der Waals surface area contributed by atoms with Crippen LogP contribution in [0.3, 0.4) is 0 Å². The molecule has 106 valence electrons. The standard InChI is InChI=1S/C16H19FN2O/c1-12-4-5-13(14(17)11-12)16(15-3-2-10-20-15)19-8-6-18-7-9-19/h2-5,10-11,16,18H,6-9H2,1H3/t16-/m0/s1. The number of benzene rings is 1. The van der Waals surface area contributed by atoms with Crippen LogP contribution in [0.4, 0.5) is 4.39 Å². The third kappa shape index (κ3) is 2.62. The van der Waals surface area contributed by atoms with Crippen LogP contribution in [0.5, 0.6) is 0 Å². The maximum absolute atomic E-state index is 14.4. The summed E-state index contributed by atoms with van der Waals surface area (Å²) in [5.74, 6) is 0.639. The number of furan rings is 1. The molecule has 1 aliphatic heterocycles. The summed E-state index contributed by atoms with van der Waals surface area (Å²) in [5.41, 5.74) is 1.62. The van der Waals surface area contributed by atoms with Crippen LogP contribution in [-0.4, -0.2) is 31.1 Å². The minimum atomic E-state index is -0.162. The first-order chi connectivity index (χ1) is 9.75. The van der Waals surface area contributed by atoms with Gasteiger partial charge < -0.3 is 9.73 Å². The van der Waals surface area contributed by atoms with Crippen LogP contribution in [0.1, 0.15) is 22.9 Å². The first kappa shape index (κ1) is 13.3. The van der Waals surface area contributed by atoms with Crippen LogP contribution in [0.15, 0.2) is 41.0 Å². The van der Waals surface area contributed by atoms with Crippen molar-refractivity contribution in [3.63, 3.8) is 0 Å². The Labute approximate surface area is 118 Å². The molecule has 20 heavy (non-hydrogen) atoms. The molecule has 1 aromatic heterocycles. The van der Waals surface area contributed by atoms with E-state index in [2.05, 4.69) is 10.2 Å². The van der Waals surface area contributed by atoms with Gasteiger partial charge in [-0.25, -0.2) is 4.39 Å². The Bertz CT molecular complexity index is 562. The van der Waals surface area contributed by atoms with Crippen LogP contribution < -0.4 is 5.32 Å². The molecule has 0 radical (unpaired) electrons. The van der Waals surface area contributed by atoms with E-state index >= 15 is 0 Å². The highest BCUT2D eigenvalue weighted by atomic mass is 19.1. The lowest BCUT2D eigenvalue weighted by Gasteiger charge is -2.34. The SMILES string of the molecule is Cc1ccc([C@@H](c2ccco2)N2CCNCC2)c(F)c1. The molecule has 0 spiro atoms. The molecule has 1 aromatic carbocycles. The second kappa shape index (κ2) is 5.77. The van der Waals surface area contributed by atoms with Gasteiger partial charge in [-0.1, -0.05) is 12.1 Å². The Morgan fingerprint density at radius 2 is 2.05 bits per heavy atom. The van der Waals surface area contributed by atoms with E-state index in [-0.39, 0.29) is 11.9 Å². The third-order valence-electron chi connectivity index (χ3n) is 3.78. The largest absolute Gasteiger partial charge is 0.467 e. The second-order valence-corrected chi connectivity index (χ2v) is 5.23. The summed E-state index contributed by atoms with van der Waals surface area (Å²) in [6, 6.07) is 9.06. The highest BCUT2D eigenvalue weighted by molar-refractivity contribution is 5.31. The average molecular weight is 274 g/mol. The molecule has 0 unspecified atom stereocenters. The molecule has 0 aliphatic carbocycles. The molecule has 1 aliphatic rings. The van der Waals surface area contributed by atoms with Gasteiger partial charge in [0.15, 0.2) is 0 Å². The number of nitrogens with one attached hydrogen (secondary N) is 1. The molecule has 2 aromatic rings. The molecular formula is C16H19FN2O. The number of rotatable bonds is 3. The van der Waals surface area contributed by atoms with Crippen molar-refractivity contribution in [3.05, 3.63) is 59.3 Å². The van der Waals surface area contributed by atoms with E-state index in [4.69, 9.17) is 4.42 Å². The Balaban J connectivity index is 2.00. The summed E-state index contributed by atoms with van der Waals surface area (Å²) < 4.78 is 19.9. The lowest BCUT2D eigenvalue weighted by atomic mass is 10.00. The summed E-state index contributed by atoms with van der Waals surface area (Å²) >= 11 is 0. The first-order valence-corrected chi connectivity index (χ1v) is 7.00. The van der Waals surface area contributed by atoms with E-state index in [1.807, 2.05) is 31.2 Å². The van der Waals surface area contributed by atoms with Crippen molar-refractivity contribution in [1.29, 1.82) is 0 Å². The quantitative estimate of drug-likeness (QED) is 0.933. The summed E-state index contributed by atoms with van der Waals surface area (Å²) in [4.78, 5) is 2.27. The molecule has 0 amide bonds. The predicted molar refractivity (Wildman–Crippen MR) is 76.1 cm³/mol. The van der Waals surface area contributed by atoms with Gasteiger partial charge in [0.05, 0.1) is 12.3 Å². The van der Waals surface area contributed by atoms with Gasteiger partial charge in [-0.15, -0.1) is 0 Å². The molecule has 3 rings (SSSR count). The minimum absolute atomic E-state index is 0.146. The number of nitrogens with zero attached hydrogens (tertiary/aromatic N) is 1. The van der Waals surface area contributed by atoms with E-state index in [0.29, 0.717) is 5.56 Å². The normalized spacial score (nSPS) is 18.1. The molecule has 3 nitrogen and oxygen atoms in total. The molecule has 2 heterocycles. The van der Waals surface area contributed by atoms with Crippen LogP contribution in [0, 0.1) is 12.7 Å². The van der Waals surface area contributed by atoms with E-state index in [0.717, 1.165) is 37.5 Å². The van der Waals surface area contributed by atoms with Crippen molar-refractivity contribution in [3.8, 4) is 0 Å². The first-order valence-electron chi connectivity index (χ1n) is 7.00. The van der Waals surface area contributed by atoms with Gasteiger partial charge in [0.25, 0.3) is 0 Å². The second-order valence-electron chi connectivity index (χ2n) is 5.23. The number of piperazine rings is 1. The Hall–Kier alpha value is -1.65. The van der Waals surface area contributed by atoms with Crippen molar-refractivity contribution in [1.82, 2.24) is 10.2 Å². The molecule has 4 heteroatoms. The van der Waals surface area contributed by atoms with Crippen LogP contribution in [0.2, 0.25) is 0 Å². The molecule has 0 bridgehead atoms. The molecule has 1 fully saturated rings. The highest BCUT2D eigenvalue weighted by Crippen LogP contribution is 2.31. The minimum Gasteiger partial charge on any atom is -0.467 e. The topological polar surface area (TPSA) is 28.4 Å². The summed E-state index contributed by atoms with van der Waals surface area (Å²) in [5, 5.41) is 3.32. The third-order valence-corrected chi connectivity index (χ3v) is 3.78. The number of halogens is 1. The lowest BCUT2D eigenvalue weighted by Crippen LogP contribution is -2.45. The number of hydrogen-bond donors (Lipinski definition) is 1. The Kier molecular flexibility index (Phi) is 3.85. The van der Waals surface area contributed by atoms with Crippen molar-refractivity contribution in [2.24, 2.45) is 0 Å². The van der Waals surface area contributed by atoms with E-state index in [1.54, 1.807) is 12.3 Å². The summed E-state index contributed by atoms with van der Waals surface area (Å²) in [6.45, 7) is 5.52. The van der Waals surface area contributed by atoms with Crippen molar-refractivity contribution >= 4 is 0 Å². The van der Waals surface area contributed by atoms with Gasteiger partial charge in [0.1, 0.15) is 11.6 Å². The fourth-order valence-corrected chi connectivity index (χ4v) is 2.77. The van der Waals surface area contributed by atoms with Crippen molar-refractivity contribution in [2.75, 3.05) is 26.2 Å². The van der Waals surface area contributed by atoms with Crippen LogP contribution >= 0.6 is 0 Å². The predicted octanol–water partition coefficient (Wildman–Crippen LogP) is 2.72. The average Bonchev–Trinajstić information content (AvgIpc) is 2.97. The van der Waals surface area contributed by atoms with E-state index in [9.17, 15) is 4.39 Å². The monoisotopic (exact) mass is 274 g/mol. The number of hydrogen-bond acceptors (Lipinski definition) is 3. The van der Waals surface area contributed by atoms with Crippen molar-refractivity contribution < 1.29 is 8.81 Å². The Morgan fingerprint density at radius 1 is 1.25 bits per heavy atom. The molecule has 0 saturated carbocycles. The van der Waals surface area contributed by atoms with Gasteiger partial charge in [-0.3, -0.25) is 4.90 Å². The van der Waals surface area contributed by atoms with Gasteiger partial charge in [0.2, 0.25) is 0 Å². The highest BCUT2D eigenvalue weighted by Gasteiger charge is 2.28. The maximum atomic E-state index is 14.4. The number of aryl methyl sites for hydroxylation is 1. The van der Waals surface area contributed by atoms with Gasteiger partial charge in [-0.05, 0) is 30.7 Å². The molecule has 1 atom stereocenters. The van der Waals surface area contributed by atoms with E-state index in [1.165, 1.54) is 0 Å². The van der Waals surface area contributed by atoms with Gasteiger partial charge in [-0.2, -0.15) is 0 Å². The summed E-state index contributed by atoms with van der Waals surface area (Å²) in [7, 11) is 0. The van der Waals surface area contributed by atoms with Crippen LogP contribution in [-0.2, 0) is 0 Å². The fourth-order valence-electron chi connectivity index (χ4n) is 2.77. The fraction of sp³-hybridized carbons (Fsp3) is 0.375. The zero-order valence-corrected chi connectivity index (χ0v) is 11.6. The molecule has 1 saturated heterocycles. The zero-order chi connectivity index (χ0) is 13.9. The van der Waals surface area contributed by atoms with Crippen molar-refractivity contribution in [2.45, 2.75) is 13.0 Å². The van der Waals surface area contributed by atoms with Crippen LogP contribution in [0.25, 0.3) is 0 Å². The lowest BCUT2D eigenvalue weighted by molar-refractivity contribution is 0.177. The zero-order valence-electron chi connectivity index (χ0n) is 11.6. The summed E-state index contributed by atoms with van der Waals surface area (Å²) in [6.07, 6.45) is 1.65. The van der Waals surface area contributed by atoms with E-state index < -0.39 is 0 Å².